The topological polar surface area (TPSA) is 127 Å². The van der Waals surface area contributed by atoms with Gasteiger partial charge in [0.05, 0.1) is 13.2 Å². The number of carbonyl (C=O) groups excluding carboxylic acids is 2. The minimum atomic E-state index is -1.14. The third-order valence-corrected chi connectivity index (χ3v) is 6.71. The summed E-state index contributed by atoms with van der Waals surface area (Å²) in [5.41, 5.74) is 0. The van der Waals surface area contributed by atoms with Gasteiger partial charge in [-0.2, -0.15) is 0 Å². The molecular formula is C34H60O8. The predicted molar refractivity (Wildman–Crippen MR) is 168 cm³/mol. The summed E-state index contributed by atoms with van der Waals surface area (Å²) < 4.78 is 9.77. The van der Waals surface area contributed by atoms with E-state index >= 15 is 0 Å². The highest BCUT2D eigenvalue weighted by molar-refractivity contribution is 5.91. The smallest absolute Gasteiger partial charge is 0.331 e. The van der Waals surface area contributed by atoms with Gasteiger partial charge in [0, 0.05) is 24.3 Å². The summed E-state index contributed by atoms with van der Waals surface area (Å²) in [5, 5.41) is 16.7. The third kappa shape index (κ3) is 39.5. The van der Waals surface area contributed by atoms with Crippen molar-refractivity contribution >= 4 is 23.9 Å². The van der Waals surface area contributed by atoms with Crippen molar-refractivity contribution in [2.24, 2.45) is 0 Å². The number of esters is 2. The molecule has 8 nitrogen and oxygen atoms in total. The Hall–Kier alpha value is -2.64. The molecule has 0 rings (SSSR count). The number of ether oxygens (including phenoxy) is 2. The lowest BCUT2D eigenvalue weighted by molar-refractivity contribution is -0.139. The fraction of sp³-hybridized carbons (Fsp3) is 0.765. The number of unbranched alkanes of at least 4 members (excludes halogenated alkanes) is 20. The van der Waals surface area contributed by atoms with Gasteiger partial charge in [-0.05, 0) is 12.8 Å². The van der Waals surface area contributed by atoms with E-state index in [1.165, 1.54) is 116 Å². The second-order valence-electron chi connectivity index (χ2n) is 10.7. The molecule has 0 aromatic rings. The predicted octanol–water partition coefficient (Wildman–Crippen LogP) is 8.96. The zero-order valence-electron chi connectivity index (χ0n) is 26.6. The zero-order valence-corrected chi connectivity index (χ0v) is 26.6. The minimum absolute atomic E-state index is 0.375. The first kappa shape index (κ1) is 41.5. The summed E-state index contributed by atoms with van der Waals surface area (Å²) >= 11 is 0. The molecule has 0 aromatic carbocycles. The van der Waals surface area contributed by atoms with Gasteiger partial charge >= 0.3 is 23.9 Å². The van der Waals surface area contributed by atoms with Crippen LogP contribution in [0.3, 0.4) is 0 Å². The highest BCUT2D eigenvalue weighted by Gasteiger charge is 2.00. The number of carboxylic acids is 2. The summed E-state index contributed by atoms with van der Waals surface area (Å²) in [7, 11) is 0. The Kier molecular flexibility index (Phi) is 34.1. The van der Waals surface area contributed by atoms with E-state index in [1.54, 1.807) is 0 Å². The summed E-state index contributed by atoms with van der Waals surface area (Å²) in [4.78, 5) is 42.5. The number of hydrogen-bond donors (Lipinski definition) is 2. The maximum atomic E-state index is 11.1. The van der Waals surface area contributed by atoms with Crippen molar-refractivity contribution < 1.29 is 38.9 Å². The van der Waals surface area contributed by atoms with Crippen molar-refractivity contribution in [1.82, 2.24) is 0 Å². The first-order valence-electron chi connectivity index (χ1n) is 16.5. The van der Waals surface area contributed by atoms with Crippen LogP contribution in [0.15, 0.2) is 24.3 Å². The van der Waals surface area contributed by atoms with Crippen molar-refractivity contribution in [3.8, 4) is 0 Å². The Labute approximate surface area is 255 Å². The van der Waals surface area contributed by atoms with Gasteiger partial charge in [0.15, 0.2) is 0 Å². The van der Waals surface area contributed by atoms with Crippen LogP contribution in [-0.2, 0) is 28.7 Å². The average molecular weight is 597 g/mol. The lowest BCUT2D eigenvalue weighted by atomic mass is 10.1. The first-order chi connectivity index (χ1) is 20.3. The Bertz CT molecular complexity index is 654. The maximum Gasteiger partial charge on any atom is 0.331 e. The van der Waals surface area contributed by atoms with Gasteiger partial charge in [0.1, 0.15) is 0 Å². The molecule has 0 saturated heterocycles. The van der Waals surface area contributed by atoms with E-state index in [0.717, 1.165) is 50.0 Å². The third-order valence-electron chi connectivity index (χ3n) is 6.71. The van der Waals surface area contributed by atoms with Gasteiger partial charge < -0.3 is 19.7 Å². The van der Waals surface area contributed by atoms with Crippen LogP contribution in [0.1, 0.15) is 155 Å². The molecule has 0 aromatic heterocycles. The van der Waals surface area contributed by atoms with Crippen molar-refractivity contribution in [2.75, 3.05) is 13.2 Å². The van der Waals surface area contributed by atoms with Crippen LogP contribution in [0, 0.1) is 0 Å². The first-order valence-corrected chi connectivity index (χ1v) is 16.5. The molecule has 244 valence electrons. The lowest BCUT2D eigenvalue weighted by Crippen LogP contribution is -2.03. The van der Waals surface area contributed by atoms with Crippen molar-refractivity contribution in [1.29, 1.82) is 0 Å². The van der Waals surface area contributed by atoms with Crippen molar-refractivity contribution in [2.45, 2.75) is 155 Å². The van der Waals surface area contributed by atoms with Crippen LogP contribution in [0.4, 0.5) is 0 Å². The maximum absolute atomic E-state index is 11.1. The molecule has 0 unspecified atom stereocenters. The summed E-state index contributed by atoms with van der Waals surface area (Å²) in [5.74, 6) is -3.43. The zero-order chi connectivity index (χ0) is 31.5. The van der Waals surface area contributed by atoms with E-state index < -0.39 is 23.9 Å². The Morgan fingerprint density at radius 3 is 0.881 bits per heavy atom. The Balaban J connectivity index is 0. The standard InChI is InChI=1S/2C17H30O4/c2*1-2-3-4-5-6-7-8-9-10-11-12-15-21-17(20)14-13-16(18)19/h2*13-14H,2-12,15H2,1H3,(H,18,19). The highest BCUT2D eigenvalue weighted by atomic mass is 16.5. The average Bonchev–Trinajstić information content (AvgIpc) is 2.96. The number of hydrogen-bond acceptors (Lipinski definition) is 6. The van der Waals surface area contributed by atoms with E-state index in [1.807, 2.05) is 0 Å². The molecule has 0 aliphatic carbocycles. The van der Waals surface area contributed by atoms with Gasteiger partial charge in [-0.25, -0.2) is 19.2 Å². The molecule has 0 fully saturated rings. The molecule has 0 bridgehead atoms. The van der Waals surface area contributed by atoms with Crippen LogP contribution < -0.4 is 0 Å². The lowest BCUT2D eigenvalue weighted by Gasteiger charge is -2.03. The largest absolute Gasteiger partial charge is 0.478 e. The molecule has 42 heavy (non-hydrogen) atoms. The second-order valence-corrected chi connectivity index (χ2v) is 10.7. The molecule has 0 heterocycles. The van der Waals surface area contributed by atoms with Crippen LogP contribution in [0.5, 0.6) is 0 Å². The molecular weight excluding hydrogens is 536 g/mol. The van der Waals surface area contributed by atoms with E-state index in [9.17, 15) is 19.2 Å². The van der Waals surface area contributed by atoms with Crippen LogP contribution in [-0.4, -0.2) is 47.3 Å². The number of carboxylic acid groups (broad SMARTS) is 2. The van der Waals surface area contributed by atoms with Crippen LogP contribution >= 0.6 is 0 Å². The normalized spacial score (nSPS) is 10.9. The molecule has 0 spiro atoms. The summed E-state index contributed by atoms with van der Waals surface area (Å²) in [6.07, 6.45) is 30.9. The number of rotatable bonds is 28. The second kappa shape index (κ2) is 34.6. The van der Waals surface area contributed by atoms with E-state index in [-0.39, 0.29) is 0 Å². The highest BCUT2D eigenvalue weighted by Crippen LogP contribution is 2.12. The van der Waals surface area contributed by atoms with Crippen molar-refractivity contribution in [3.05, 3.63) is 24.3 Å². The Morgan fingerprint density at radius 1 is 0.405 bits per heavy atom. The monoisotopic (exact) mass is 596 g/mol. The molecule has 0 atom stereocenters. The van der Waals surface area contributed by atoms with Gasteiger partial charge in [-0.15, -0.1) is 0 Å². The molecule has 0 aliphatic rings. The van der Waals surface area contributed by atoms with E-state index in [2.05, 4.69) is 13.8 Å². The Morgan fingerprint density at radius 2 is 0.643 bits per heavy atom. The molecule has 0 radical (unpaired) electrons. The number of aliphatic carboxylic acids is 2. The quantitative estimate of drug-likeness (QED) is 0.0520. The molecule has 8 heteroatoms. The van der Waals surface area contributed by atoms with Crippen LogP contribution in [0.25, 0.3) is 0 Å². The fourth-order valence-corrected chi connectivity index (χ4v) is 4.25. The number of carbonyl (C=O) groups is 4. The summed E-state index contributed by atoms with van der Waals surface area (Å²) in [6, 6.07) is 0. The minimum Gasteiger partial charge on any atom is -0.478 e. The summed E-state index contributed by atoms with van der Waals surface area (Å²) in [6.45, 7) is 5.22. The van der Waals surface area contributed by atoms with Gasteiger partial charge in [-0.1, -0.05) is 142 Å². The van der Waals surface area contributed by atoms with Gasteiger partial charge in [0.25, 0.3) is 0 Å². The van der Waals surface area contributed by atoms with E-state index in [4.69, 9.17) is 19.7 Å². The SMILES string of the molecule is CCCCCCCCCCCCCOC(=O)C=CC(=O)O.CCCCCCCCCCCCCOC(=O)C=CC(=O)O. The van der Waals surface area contributed by atoms with E-state index in [0.29, 0.717) is 13.2 Å². The fourth-order valence-electron chi connectivity index (χ4n) is 4.25. The molecule has 0 aliphatic heterocycles. The molecule has 0 saturated carbocycles. The molecule has 2 N–H and O–H groups in total. The van der Waals surface area contributed by atoms with Crippen LogP contribution in [0.2, 0.25) is 0 Å². The molecule has 0 amide bonds. The van der Waals surface area contributed by atoms with Crippen molar-refractivity contribution in [3.63, 3.8) is 0 Å². The van der Waals surface area contributed by atoms with Gasteiger partial charge in [-0.3, -0.25) is 0 Å². The van der Waals surface area contributed by atoms with Gasteiger partial charge in [0.2, 0.25) is 0 Å².